The third-order valence-corrected chi connectivity index (χ3v) is 6.19. The van der Waals surface area contributed by atoms with Crippen LogP contribution in [0.25, 0.3) is 11.1 Å². The molecule has 1 fully saturated rings. The number of alkyl carbamates (subject to hydrolysis) is 1. The molecule has 8 nitrogen and oxygen atoms in total. The summed E-state index contributed by atoms with van der Waals surface area (Å²) in [5.41, 5.74) is 4.49. The van der Waals surface area contributed by atoms with Gasteiger partial charge in [0.05, 0.1) is 6.04 Å². The van der Waals surface area contributed by atoms with Crippen molar-refractivity contribution >= 4 is 18.0 Å². The third kappa shape index (κ3) is 4.85. The molecule has 0 unspecified atom stereocenters. The van der Waals surface area contributed by atoms with Crippen LogP contribution >= 0.6 is 0 Å². The van der Waals surface area contributed by atoms with Crippen LogP contribution in [0.1, 0.15) is 43.2 Å². The lowest BCUT2D eigenvalue weighted by atomic mass is 9.98. The summed E-state index contributed by atoms with van der Waals surface area (Å²) in [5.74, 6) is -1.63. The molecule has 1 saturated heterocycles. The molecule has 1 aliphatic carbocycles. The Labute approximate surface area is 192 Å². The van der Waals surface area contributed by atoms with Gasteiger partial charge in [0.1, 0.15) is 12.6 Å². The van der Waals surface area contributed by atoms with Crippen molar-refractivity contribution in [1.29, 1.82) is 0 Å². The number of carbonyl (C=O) groups is 3. The van der Waals surface area contributed by atoms with E-state index in [1.54, 1.807) is 0 Å². The second-order valence-corrected chi connectivity index (χ2v) is 8.34. The van der Waals surface area contributed by atoms with E-state index >= 15 is 0 Å². The first-order valence-electron chi connectivity index (χ1n) is 11.3. The highest BCUT2D eigenvalue weighted by molar-refractivity contribution is 5.87. The van der Waals surface area contributed by atoms with Gasteiger partial charge < -0.3 is 25.2 Å². The molecule has 2 aromatic carbocycles. The van der Waals surface area contributed by atoms with Crippen molar-refractivity contribution in [1.82, 2.24) is 10.6 Å². The molecular weight excluding hydrogens is 424 g/mol. The van der Waals surface area contributed by atoms with E-state index in [0.717, 1.165) is 22.3 Å². The summed E-state index contributed by atoms with van der Waals surface area (Å²) in [6, 6.07) is 14.7. The Hall–Kier alpha value is -3.39. The van der Waals surface area contributed by atoms with Crippen molar-refractivity contribution < 1.29 is 29.0 Å². The molecule has 0 spiro atoms. The number of hydrogen-bond donors (Lipinski definition) is 3. The maximum atomic E-state index is 12.8. The van der Waals surface area contributed by atoms with Crippen molar-refractivity contribution in [3.05, 3.63) is 59.7 Å². The molecule has 0 aromatic heterocycles. The monoisotopic (exact) mass is 452 g/mol. The quantitative estimate of drug-likeness (QED) is 0.567. The summed E-state index contributed by atoms with van der Waals surface area (Å²) < 4.78 is 10.7. The van der Waals surface area contributed by atoms with Gasteiger partial charge in [0, 0.05) is 12.5 Å². The zero-order chi connectivity index (χ0) is 23.4. The van der Waals surface area contributed by atoms with Crippen molar-refractivity contribution in [3.63, 3.8) is 0 Å². The van der Waals surface area contributed by atoms with Crippen molar-refractivity contribution in [2.45, 2.75) is 50.3 Å². The second-order valence-electron chi connectivity index (χ2n) is 8.34. The van der Waals surface area contributed by atoms with Gasteiger partial charge in [-0.2, -0.15) is 0 Å². The normalized spacial score (nSPS) is 19.9. The van der Waals surface area contributed by atoms with Gasteiger partial charge in [-0.25, -0.2) is 9.59 Å². The average molecular weight is 453 g/mol. The predicted molar refractivity (Wildman–Crippen MR) is 121 cm³/mol. The van der Waals surface area contributed by atoms with Crippen LogP contribution in [0.2, 0.25) is 0 Å². The third-order valence-electron chi connectivity index (χ3n) is 6.19. The van der Waals surface area contributed by atoms with E-state index in [0.29, 0.717) is 19.3 Å². The molecule has 3 atom stereocenters. The minimum Gasteiger partial charge on any atom is -0.479 e. The summed E-state index contributed by atoms with van der Waals surface area (Å²) >= 11 is 0. The van der Waals surface area contributed by atoms with Gasteiger partial charge in [-0.3, -0.25) is 4.79 Å². The lowest BCUT2D eigenvalue weighted by molar-refractivity contribution is -0.148. The van der Waals surface area contributed by atoms with Gasteiger partial charge in [-0.05, 0) is 35.1 Å². The standard InChI is InChI=1S/C25H28N2O6/c1-2-7-21(23(28)26-20-12-13-32-22(20)24(29)30)27-25(31)33-14-19-17-10-5-3-8-15(17)16-9-4-6-11-18(16)19/h3-6,8-11,19-22H,2,7,12-14H2,1H3,(H,26,28)(H,27,31)(H,29,30)/t20-,21+,22+/m1/s1. The molecule has 1 aliphatic heterocycles. The smallest absolute Gasteiger partial charge is 0.407 e. The highest BCUT2D eigenvalue weighted by Crippen LogP contribution is 2.44. The number of benzene rings is 2. The summed E-state index contributed by atoms with van der Waals surface area (Å²) in [6.07, 6.45) is -0.285. The van der Waals surface area contributed by atoms with Crippen molar-refractivity contribution in [2.24, 2.45) is 0 Å². The van der Waals surface area contributed by atoms with Crippen LogP contribution in [0, 0.1) is 0 Å². The molecule has 2 aromatic rings. The Kier molecular flexibility index (Phi) is 6.93. The van der Waals surface area contributed by atoms with E-state index in [-0.39, 0.29) is 19.1 Å². The van der Waals surface area contributed by atoms with E-state index in [1.807, 2.05) is 43.3 Å². The molecule has 4 rings (SSSR count). The zero-order valence-corrected chi connectivity index (χ0v) is 18.5. The summed E-state index contributed by atoms with van der Waals surface area (Å²) in [4.78, 5) is 36.6. The largest absolute Gasteiger partial charge is 0.479 e. The Morgan fingerprint density at radius 1 is 1.09 bits per heavy atom. The predicted octanol–water partition coefficient (Wildman–Crippen LogP) is 3.05. The van der Waals surface area contributed by atoms with Crippen LogP contribution in [-0.4, -0.2) is 54.5 Å². The molecule has 1 heterocycles. The van der Waals surface area contributed by atoms with Gasteiger partial charge in [0.15, 0.2) is 6.10 Å². The number of fused-ring (bicyclic) bond motifs is 3. The van der Waals surface area contributed by atoms with E-state index in [1.165, 1.54) is 0 Å². The SMILES string of the molecule is CCC[C@H](NC(=O)OCC1c2ccccc2-c2ccccc21)C(=O)N[C@@H]1CCO[C@@H]1C(=O)O. The molecule has 2 amide bonds. The van der Waals surface area contributed by atoms with Crippen LogP contribution in [0.5, 0.6) is 0 Å². The maximum absolute atomic E-state index is 12.8. The summed E-state index contributed by atoms with van der Waals surface area (Å²) in [7, 11) is 0. The minimum absolute atomic E-state index is 0.0754. The lowest BCUT2D eigenvalue weighted by Gasteiger charge is -2.22. The molecule has 0 radical (unpaired) electrons. The molecule has 2 aliphatic rings. The number of carbonyl (C=O) groups excluding carboxylic acids is 2. The molecule has 3 N–H and O–H groups in total. The highest BCUT2D eigenvalue weighted by atomic mass is 16.5. The zero-order valence-electron chi connectivity index (χ0n) is 18.5. The molecule has 8 heteroatoms. The number of rotatable bonds is 8. The van der Waals surface area contributed by atoms with Gasteiger partial charge >= 0.3 is 12.1 Å². The summed E-state index contributed by atoms with van der Waals surface area (Å²) in [5, 5.41) is 14.6. The van der Waals surface area contributed by atoms with Crippen molar-refractivity contribution in [2.75, 3.05) is 13.2 Å². The Bertz CT molecular complexity index is 994. The molecule has 33 heavy (non-hydrogen) atoms. The van der Waals surface area contributed by atoms with Crippen LogP contribution in [0.4, 0.5) is 4.79 Å². The highest BCUT2D eigenvalue weighted by Gasteiger charge is 2.36. The topological polar surface area (TPSA) is 114 Å². The van der Waals surface area contributed by atoms with Gasteiger partial charge in [0.2, 0.25) is 5.91 Å². The average Bonchev–Trinajstić information content (AvgIpc) is 3.40. The van der Waals surface area contributed by atoms with E-state index in [2.05, 4.69) is 22.8 Å². The summed E-state index contributed by atoms with van der Waals surface area (Å²) in [6.45, 7) is 2.32. The molecule has 0 saturated carbocycles. The fraction of sp³-hybridized carbons (Fsp3) is 0.400. The number of ether oxygens (including phenoxy) is 2. The van der Waals surface area contributed by atoms with Crippen LogP contribution in [0.15, 0.2) is 48.5 Å². The maximum Gasteiger partial charge on any atom is 0.407 e. The minimum atomic E-state index is -1.12. The fourth-order valence-electron chi connectivity index (χ4n) is 4.60. The lowest BCUT2D eigenvalue weighted by Crippen LogP contribution is -2.52. The second kappa shape index (κ2) is 10.0. The van der Waals surface area contributed by atoms with E-state index in [4.69, 9.17) is 9.47 Å². The number of aliphatic carboxylic acids is 1. The Morgan fingerprint density at radius 2 is 1.73 bits per heavy atom. The van der Waals surface area contributed by atoms with Gasteiger partial charge in [0.25, 0.3) is 0 Å². The van der Waals surface area contributed by atoms with Crippen LogP contribution in [0.3, 0.4) is 0 Å². The van der Waals surface area contributed by atoms with E-state index < -0.39 is 36.2 Å². The first-order chi connectivity index (χ1) is 16.0. The Balaban J connectivity index is 1.38. The molecule has 174 valence electrons. The van der Waals surface area contributed by atoms with Crippen LogP contribution in [-0.2, 0) is 19.1 Å². The van der Waals surface area contributed by atoms with Crippen LogP contribution < -0.4 is 10.6 Å². The fourth-order valence-corrected chi connectivity index (χ4v) is 4.60. The van der Waals surface area contributed by atoms with E-state index in [9.17, 15) is 19.5 Å². The Morgan fingerprint density at radius 3 is 2.33 bits per heavy atom. The molecule has 0 bridgehead atoms. The van der Waals surface area contributed by atoms with Crippen molar-refractivity contribution in [3.8, 4) is 11.1 Å². The molecular formula is C25H28N2O6. The number of carboxylic acids is 1. The first kappa shape index (κ1) is 22.8. The number of amides is 2. The van der Waals surface area contributed by atoms with Gasteiger partial charge in [-0.1, -0.05) is 61.9 Å². The van der Waals surface area contributed by atoms with Gasteiger partial charge in [-0.15, -0.1) is 0 Å². The number of carboxylic acid groups (broad SMARTS) is 1. The first-order valence-corrected chi connectivity index (χ1v) is 11.3. The number of nitrogens with one attached hydrogen (secondary N) is 2. The number of hydrogen-bond acceptors (Lipinski definition) is 5.